The highest BCUT2D eigenvalue weighted by atomic mass is 16.5. The number of para-hydroxylation sites is 1. The van der Waals surface area contributed by atoms with Crippen molar-refractivity contribution >= 4 is 17.3 Å². The van der Waals surface area contributed by atoms with E-state index in [1.807, 2.05) is 13.0 Å². The van der Waals surface area contributed by atoms with Gasteiger partial charge in [-0.05, 0) is 31.4 Å². The predicted molar refractivity (Wildman–Crippen MR) is 91.0 cm³/mol. The minimum atomic E-state index is 0.642. The first-order chi connectivity index (χ1) is 10.6. The van der Waals surface area contributed by atoms with Gasteiger partial charge in [0.05, 0.1) is 6.61 Å². The number of benzene rings is 1. The van der Waals surface area contributed by atoms with Gasteiger partial charge in [0.25, 0.3) is 0 Å². The summed E-state index contributed by atoms with van der Waals surface area (Å²) in [6.45, 7) is 7.52. The summed E-state index contributed by atoms with van der Waals surface area (Å²) in [5.74, 6) is 2.34. The highest BCUT2D eigenvalue weighted by Crippen LogP contribution is 2.25. The molecule has 1 aromatic heterocycles. The molecule has 2 N–H and O–H groups in total. The van der Waals surface area contributed by atoms with Gasteiger partial charge in [-0.3, -0.25) is 0 Å². The van der Waals surface area contributed by atoms with E-state index in [9.17, 15) is 0 Å². The summed E-state index contributed by atoms with van der Waals surface area (Å²) in [5, 5.41) is 6.68. The molecule has 1 heterocycles. The number of hydrogen-bond donors (Lipinski definition) is 2. The van der Waals surface area contributed by atoms with Crippen molar-refractivity contribution in [1.29, 1.82) is 0 Å². The first kappa shape index (κ1) is 16.2. The van der Waals surface area contributed by atoms with Gasteiger partial charge < -0.3 is 15.4 Å². The van der Waals surface area contributed by atoms with Crippen molar-refractivity contribution in [3.63, 3.8) is 0 Å². The molecule has 0 radical (unpaired) electrons. The molecule has 0 spiro atoms. The first-order valence-electron chi connectivity index (χ1n) is 7.58. The molecule has 5 heteroatoms. The summed E-state index contributed by atoms with van der Waals surface area (Å²) in [6.07, 6.45) is 0.979. The van der Waals surface area contributed by atoms with E-state index in [1.54, 1.807) is 7.11 Å². The molecule has 0 amide bonds. The normalized spacial score (nSPS) is 10.5. The van der Waals surface area contributed by atoms with Gasteiger partial charge in [0, 0.05) is 25.4 Å². The Bertz CT molecular complexity index is 628. The molecule has 22 heavy (non-hydrogen) atoms. The number of hydrogen-bond acceptors (Lipinski definition) is 5. The van der Waals surface area contributed by atoms with Crippen LogP contribution < -0.4 is 10.6 Å². The van der Waals surface area contributed by atoms with Crippen LogP contribution in [0, 0.1) is 13.8 Å². The van der Waals surface area contributed by atoms with Crippen LogP contribution in [0.25, 0.3) is 0 Å². The molecule has 0 aliphatic rings. The number of nitrogens with one attached hydrogen (secondary N) is 2. The standard InChI is InChI=1S/C17H24N4O/c1-5-14-8-6-7-12(2)17(14)21-16-11-15(18-9-10-22-4)19-13(3)20-16/h6-8,11H,5,9-10H2,1-4H3,(H2,18,19,20,21). The molecule has 0 saturated carbocycles. The van der Waals surface area contributed by atoms with Gasteiger partial charge in [-0.2, -0.15) is 0 Å². The number of ether oxygens (including phenoxy) is 1. The molecule has 2 aromatic rings. The fraction of sp³-hybridized carbons (Fsp3) is 0.412. The van der Waals surface area contributed by atoms with E-state index in [0.29, 0.717) is 6.61 Å². The number of rotatable bonds is 7. The van der Waals surface area contributed by atoms with Crippen molar-refractivity contribution in [2.24, 2.45) is 0 Å². The number of aryl methyl sites for hydroxylation is 3. The van der Waals surface area contributed by atoms with Gasteiger partial charge in [-0.15, -0.1) is 0 Å². The zero-order chi connectivity index (χ0) is 15.9. The highest BCUT2D eigenvalue weighted by Gasteiger charge is 2.07. The first-order valence-corrected chi connectivity index (χ1v) is 7.58. The molecule has 118 valence electrons. The van der Waals surface area contributed by atoms with E-state index >= 15 is 0 Å². The lowest BCUT2D eigenvalue weighted by atomic mass is 10.1. The Morgan fingerprint density at radius 3 is 2.64 bits per heavy atom. The maximum Gasteiger partial charge on any atom is 0.136 e. The van der Waals surface area contributed by atoms with Crippen LogP contribution in [0.2, 0.25) is 0 Å². The summed E-state index contributed by atoms with van der Waals surface area (Å²) in [4.78, 5) is 8.87. The van der Waals surface area contributed by atoms with Gasteiger partial charge in [-0.1, -0.05) is 25.1 Å². The van der Waals surface area contributed by atoms with E-state index in [-0.39, 0.29) is 0 Å². The van der Waals surface area contributed by atoms with Crippen LogP contribution in [-0.2, 0) is 11.2 Å². The van der Waals surface area contributed by atoms with Crippen molar-refractivity contribution in [3.8, 4) is 0 Å². The molecular weight excluding hydrogens is 276 g/mol. The van der Waals surface area contributed by atoms with Gasteiger partial charge in [0.15, 0.2) is 0 Å². The van der Waals surface area contributed by atoms with Crippen LogP contribution in [0.4, 0.5) is 17.3 Å². The number of nitrogens with zero attached hydrogens (tertiary/aromatic N) is 2. The van der Waals surface area contributed by atoms with Gasteiger partial charge in [0.1, 0.15) is 17.5 Å². The van der Waals surface area contributed by atoms with Crippen LogP contribution in [0.1, 0.15) is 23.9 Å². The average molecular weight is 300 g/mol. The largest absolute Gasteiger partial charge is 0.383 e. The van der Waals surface area contributed by atoms with E-state index in [0.717, 1.165) is 36.1 Å². The minimum Gasteiger partial charge on any atom is -0.383 e. The summed E-state index contributed by atoms with van der Waals surface area (Å²) in [5.41, 5.74) is 3.63. The summed E-state index contributed by atoms with van der Waals surface area (Å²) in [7, 11) is 1.68. The van der Waals surface area contributed by atoms with E-state index in [1.165, 1.54) is 11.1 Å². The zero-order valence-electron chi connectivity index (χ0n) is 13.7. The molecule has 0 aliphatic heterocycles. The molecule has 5 nitrogen and oxygen atoms in total. The second-order valence-corrected chi connectivity index (χ2v) is 5.19. The predicted octanol–water partition coefficient (Wildman–Crippen LogP) is 3.46. The fourth-order valence-electron chi connectivity index (χ4n) is 2.33. The summed E-state index contributed by atoms with van der Waals surface area (Å²) < 4.78 is 5.04. The molecule has 0 saturated heterocycles. The molecule has 1 aromatic carbocycles. The SMILES string of the molecule is CCc1cccc(C)c1Nc1cc(NCCOC)nc(C)n1. The van der Waals surface area contributed by atoms with Crippen LogP contribution in [0.5, 0.6) is 0 Å². The lowest BCUT2D eigenvalue weighted by molar-refractivity contribution is 0.210. The Hall–Kier alpha value is -2.14. The molecular formula is C17H24N4O. The van der Waals surface area contributed by atoms with Crippen molar-refractivity contribution < 1.29 is 4.74 Å². The van der Waals surface area contributed by atoms with E-state index in [4.69, 9.17) is 4.74 Å². The molecule has 0 fully saturated rings. The van der Waals surface area contributed by atoms with Crippen molar-refractivity contribution in [3.05, 3.63) is 41.2 Å². The Labute approximate surface area is 132 Å². The molecule has 0 atom stereocenters. The number of anilines is 3. The van der Waals surface area contributed by atoms with Crippen LogP contribution in [-0.4, -0.2) is 30.2 Å². The maximum atomic E-state index is 5.04. The average Bonchev–Trinajstić information content (AvgIpc) is 2.49. The van der Waals surface area contributed by atoms with Crippen LogP contribution in [0.15, 0.2) is 24.3 Å². The molecule has 2 rings (SSSR count). The van der Waals surface area contributed by atoms with Gasteiger partial charge >= 0.3 is 0 Å². The van der Waals surface area contributed by atoms with Gasteiger partial charge in [-0.25, -0.2) is 9.97 Å². The number of methoxy groups -OCH3 is 1. The second kappa shape index (κ2) is 7.75. The number of aromatic nitrogens is 2. The van der Waals surface area contributed by atoms with Gasteiger partial charge in [0.2, 0.25) is 0 Å². The lowest BCUT2D eigenvalue weighted by Crippen LogP contribution is -2.10. The molecule has 0 aliphatic carbocycles. The zero-order valence-corrected chi connectivity index (χ0v) is 13.7. The second-order valence-electron chi connectivity index (χ2n) is 5.19. The highest BCUT2D eigenvalue weighted by molar-refractivity contribution is 5.66. The van der Waals surface area contributed by atoms with Crippen molar-refractivity contribution in [2.75, 3.05) is 30.9 Å². The molecule has 0 bridgehead atoms. The molecule has 0 unspecified atom stereocenters. The maximum absolute atomic E-state index is 5.04. The summed E-state index contributed by atoms with van der Waals surface area (Å²) in [6, 6.07) is 8.26. The fourth-order valence-corrected chi connectivity index (χ4v) is 2.33. The van der Waals surface area contributed by atoms with Crippen LogP contribution in [0.3, 0.4) is 0 Å². The van der Waals surface area contributed by atoms with Crippen LogP contribution >= 0.6 is 0 Å². The smallest absolute Gasteiger partial charge is 0.136 e. The minimum absolute atomic E-state index is 0.642. The third-order valence-corrected chi connectivity index (χ3v) is 3.44. The summed E-state index contributed by atoms with van der Waals surface area (Å²) >= 11 is 0. The van der Waals surface area contributed by atoms with Crippen molar-refractivity contribution in [2.45, 2.75) is 27.2 Å². The third-order valence-electron chi connectivity index (χ3n) is 3.44. The lowest BCUT2D eigenvalue weighted by Gasteiger charge is -2.15. The van der Waals surface area contributed by atoms with Crippen molar-refractivity contribution in [1.82, 2.24) is 9.97 Å². The topological polar surface area (TPSA) is 59.1 Å². The van der Waals surface area contributed by atoms with E-state index < -0.39 is 0 Å². The Morgan fingerprint density at radius 2 is 1.91 bits per heavy atom. The Balaban J connectivity index is 2.22. The monoisotopic (exact) mass is 300 g/mol. The van der Waals surface area contributed by atoms with E-state index in [2.05, 4.69) is 52.6 Å². The quantitative estimate of drug-likeness (QED) is 0.767. The Morgan fingerprint density at radius 1 is 1.14 bits per heavy atom. The third kappa shape index (κ3) is 4.18. The Kier molecular flexibility index (Phi) is 5.72.